The molecule has 0 aromatic carbocycles. The van der Waals surface area contributed by atoms with E-state index in [0.717, 1.165) is 18.7 Å². The van der Waals surface area contributed by atoms with Crippen LogP contribution in [-0.4, -0.2) is 62.3 Å². The Morgan fingerprint density at radius 3 is 2.06 bits per heavy atom. The largest absolute Gasteiger partial charge is 0.480 e. The van der Waals surface area contributed by atoms with Crippen molar-refractivity contribution in [3.8, 4) is 0 Å². The molecule has 0 rings (SSSR count). The fraction of sp³-hybridized carbons (Fsp3) is 0.625. The van der Waals surface area contributed by atoms with Gasteiger partial charge in [-0.3, -0.25) is 4.79 Å². The van der Waals surface area contributed by atoms with Gasteiger partial charge in [-0.25, -0.2) is 14.5 Å². The lowest BCUT2D eigenvalue weighted by molar-refractivity contribution is -0.150. The first-order chi connectivity index (χ1) is 7.32. The van der Waals surface area contributed by atoms with Crippen LogP contribution in [0.1, 0.15) is 6.92 Å². The number of aliphatic hydroxyl groups excluding tert-OH is 1. The molecule has 0 aromatic rings. The lowest BCUT2D eigenvalue weighted by atomic mass is 10.2. The minimum Gasteiger partial charge on any atom is -0.480 e. The van der Waals surface area contributed by atoms with E-state index < -0.39 is 30.1 Å². The quantitative estimate of drug-likeness (QED) is 0.613. The monoisotopic (exact) mass is 251 g/mol. The molecule has 2 unspecified atom stereocenters. The van der Waals surface area contributed by atoms with Gasteiger partial charge in [0.05, 0.1) is 0 Å². The van der Waals surface area contributed by atoms with Gasteiger partial charge in [-0.05, 0) is 13.2 Å². The number of aliphatic carboxylic acids is 1. The van der Waals surface area contributed by atoms with Crippen molar-refractivity contribution >= 4 is 29.7 Å². The van der Waals surface area contributed by atoms with E-state index in [4.69, 9.17) is 15.3 Å². The third kappa shape index (κ3) is 3.70. The van der Waals surface area contributed by atoms with E-state index in [1.54, 1.807) is 6.26 Å². The standard InChI is InChI=1S/C8H13NO6S/c1-4(10)6(11)9(8(14)15)5(3-16-2)7(12)13/h4-5,10H,3H2,1-2H3,(H,12,13)(H,14,15). The van der Waals surface area contributed by atoms with Gasteiger partial charge in [0.15, 0.2) is 0 Å². The zero-order valence-corrected chi connectivity index (χ0v) is 9.60. The molecule has 0 heterocycles. The third-order valence-electron chi connectivity index (χ3n) is 1.72. The lowest BCUT2D eigenvalue weighted by Gasteiger charge is -2.24. The molecule has 92 valence electrons. The molecule has 0 saturated carbocycles. The van der Waals surface area contributed by atoms with Crippen LogP contribution in [0.3, 0.4) is 0 Å². The summed E-state index contributed by atoms with van der Waals surface area (Å²) >= 11 is 1.09. The second-order valence-corrected chi connectivity index (χ2v) is 3.89. The van der Waals surface area contributed by atoms with Crippen LogP contribution >= 0.6 is 11.8 Å². The van der Waals surface area contributed by atoms with E-state index in [2.05, 4.69) is 0 Å². The van der Waals surface area contributed by atoms with Gasteiger partial charge in [0.2, 0.25) is 0 Å². The van der Waals surface area contributed by atoms with Gasteiger partial charge in [-0.2, -0.15) is 11.8 Å². The van der Waals surface area contributed by atoms with Crippen molar-refractivity contribution in [2.45, 2.75) is 19.1 Å². The smallest absolute Gasteiger partial charge is 0.414 e. The Bertz CT molecular complexity index is 292. The second-order valence-electron chi connectivity index (χ2n) is 2.98. The molecule has 0 fully saturated rings. The number of hydrogen-bond donors (Lipinski definition) is 3. The predicted molar refractivity (Wildman–Crippen MR) is 56.4 cm³/mol. The summed E-state index contributed by atoms with van der Waals surface area (Å²) in [5, 5.41) is 26.5. The van der Waals surface area contributed by atoms with Crippen LogP contribution in [-0.2, 0) is 9.59 Å². The molecule has 2 amide bonds. The van der Waals surface area contributed by atoms with Crippen molar-refractivity contribution in [2.75, 3.05) is 12.0 Å². The van der Waals surface area contributed by atoms with Crippen LogP contribution in [0.25, 0.3) is 0 Å². The number of carboxylic acid groups (broad SMARTS) is 2. The molecule has 7 nitrogen and oxygen atoms in total. The zero-order chi connectivity index (χ0) is 12.9. The first-order valence-electron chi connectivity index (χ1n) is 4.28. The van der Waals surface area contributed by atoms with Crippen molar-refractivity contribution in [3.05, 3.63) is 0 Å². The molecule has 0 radical (unpaired) electrons. The Hall–Kier alpha value is -1.28. The molecule has 0 spiro atoms. The maximum Gasteiger partial charge on any atom is 0.414 e. The van der Waals surface area contributed by atoms with Gasteiger partial charge in [-0.15, -0.1) is 0 Å². The number of aliphatic hydroxyl groups is 1. The topological polar surface area (TPSA) is 115 Å². The number of imide groups is 1. The van der Waals surface area contributed by atoms with E-state index in [-0.39, 0.29) is 10.7 Å². The molecule has 2 atom stereocenters. The van der Waals surface area contributed by atoms with Gasteiger partial charge in [-0.1, -0.05) is 0 Å². The van der Waals surface area contributed by atoms with E-state index in [0.29, 0.717) is 0 Å². The fourth-order valence-electron chi connectivity index (χ4n) is 0.997. The van der Waals surface area contributed by atoms with Crippen molar-refractivity contribution in [3.63, 3.8) is 0 Å². The highest BCUT2D eigenvalue weighted by Crippen LogP contribution is 2.09. The molecular formula is C8H13NO6S. The van der Waals surface area contributed by atoms with Crippen LogP contribution in [0, 0.1) is 0 Å². The van der Waals surface area contributed by atoms with Gasteiger partial charge >= 0.3 is 12.1 Å². The van der Waals surface area contributed by atoms with E-state index in [1.165, 1.54) is 0 Å². The molecule has 0 aromatic heterocycles. The Labute approximate surface area is 96.0 Å². The molecule has 8 heteroatoms. The Kier molecular flexibility index (Phi) is 5.83. The Balaban J connectivity index is 5.07. The van der Waals surface area contributed by atoms with Crippen molar-refractivity contribution < 1.29 is 29.7 Å². The Morgan fingerprint density at radius 2 is 1.81 bits per heavy atom. The minimum absolute atomic E-state index is 0.0694. The molecule has 0 aliphatic rings. The van der Waals surface area contributed by atoms with Crippen LogP contribution in [0.15, 0.2) is 0 Å². The molecule has 0 saturated heterocycles. The number of carbonyl (C=O) groups is 3. The maximum absolute atomic E-state index is 11.3. The molecule has 0 aliphatic heterocycles. The summed E-state index contributed by atoms with van der Waals surface area (Å²) in [6.45, 7) is 1.08. The average molecular weight is 251 g/mol. The summed E-state index contributed by atoms with van der Waals surface area (Å²) in [5.41, 5.74) is 0. The summed E-state index contributed by atoms with van der Waals surface area (Å²) < 4.78 is 0. The average Bonchev–Trinajstić information content (AvgIpc) is 2.15. The van der Waals surface area contributed by atoms with Gasteiger partial charge in [0.25, 0.3) is 5.91 Å². The van der Waals surface area contributed by atoms with Crippen LogP contribution < -0.4 is 0 Å². The summed E-state index contributed by atoms with van der Waals surface area (Å²) in [4.78, 5) is 33.1. The number of thioether (sulfide) groups is 1. The highest BCUT2D eigenvalue weighted by molar-refractivity contribution is 7.98. The number of rotatable bonds is 5. The van der Waals surface area contributed by atoms with Gasteiger partial charge < -0.3 is 15.3 Å². The molecular weight excluding hydrogens is 238 g/mol. The number of amides is 2. The van der Waals surface area contributed by atoms with E-state index in [9.17, 15) is 14.4 Å². The summed E-state index contributed by atoms with van der Waals surface area (Å²) in [6, 6.07) is -1.49. The zero-order valence-electron chi connectivity index (χ0n) is 8.78. The first-order valence-corrected chi connectivity index (χ1v) is 5.68. The SMILES string of the molecule is CSCC(C(=O)O)N(C(=O)O)C(=O)C(C)O. The first kappa shape index (κ1) is 14.7. The maximum atomic E-state index is 11.3. The fourth-order valence-corrected chi connectivity index (χ4v) is 1.60. The van der Waals surface area contributed by atoms with Crippen LogP contribution in [0.5, 0.6) is 0 Å². The molecule has 16 heavy (non-hydrogen) atoms. The van der Waals surface area contributed by atoms with E-state index in [1.807, 2.05) is 0 Å². The summed E-state index contributed by atoms with van der Waals surface area (Å²) in [6.07, 6.45) is -1.66. The summed E-state index contributed by atoms with van der Waals surface area (Å²) in [7, 11) is 0. The number of carbonyl (C=O) groups excluding carboxylic acids is 1. The van der Waals surface area contributed by atoms with Crippen LogP contribution in [0.4, 0.5) is 4.79 Å². The van der Waals surface area contributed by atoms with Gasteiger partial charge in [0.1, 0.15) is 12.1 Å². The van der Waals surface area contributed by atoms with Crippen molar-refractivity contribution in [1.82, 2.24) is 4.90 Å². The highest BCUT2D eigenvalue weighted by atomic mass is 32.2. The van der Waals surface area contributed by atoms with Crippen molar-refractivity contribution in [2.24, 2.45) is 0 Å². The third-order valence-corrected chi connectivity index (χ3v) is 2.37. The lowest BCUT2D eigenvalue weighted by Crippen LogP contribution is -2.52. The summed E-state index contributed by atoms with van der Waals surface area (Å²) in [5.74, 6) is -2.64. The van der Waals surface area contributed by atoms with Crippen LogP contribution in [0.2, 0.25) is 0 Å². The molecule has 3 N–H and O–H groups in total. The normalized spacial score (nSPS) is 13.9. The highest BCUT2D eigenvalue weighted by Gasteiger charge is 2.36. The molecule has 0 aliphatic carbocycles. The minimum atomic E-state index is -1.69. The van der Waals surface area contributed by atoms with E-state index >= 15 is 0 Å². The second kappa shape index (κ2) is 6.33. The number of carboxylic acids is 1. The molecule has 0 bridgehead atoms. The Morgan fingerprint density at radius 1 is 1.31 bits per heavy atom. The van der Waals surface area contributed by atoms with Crippen molar-refractivity contribution in [1.29, 1.82) is 0 Å². The predicted octanol–water partition coefficient (Wildman–Crippen LogP) is -0.310. The van der Waals surface area contributed by atoms with Gasteiger partial charge in [0, 0.05) is 5.75 Å². The number of hydrogen-bond acceptors (Lipinski definition) is 5. The number of nitrogens with zero attached hydrogens (tertiary/aromatic N) is 1.